The Bertz CT molecular complexity index is 427. The number of pyridine rings is 1. The maximum atomic E-state index is 4.67. The van der Waals surface area contributed by atoms with Crippen molar-refractivity contribution in [3.05, 3.63) is 29.6 Å². The molecule has 3 rings (SSSR count). The van der Waals surface area contributed by atoms with Crippen LogP contribution in [0.3, 0.4) is 0 Å². The highest BCUT2D eigenvalue weighted by molar-refractivity contribution is 5.29. The number of hydrogen-bond acceptors (Lipinski definition) is 2. The molecule has 2 aliphatic carbocycles. The monoisotopic (exact) mass is 258 g/mol. The number of rotatable bonds is 5. The maximum absolute atomic E-state index is 4.67. The van der Waals surface area contributed by atoms with Crippen LogP contribution >= 0.6 is 0 Å². The van der Waals surface area contributed by atoms with Crippen LogP contribution in [0.1, 0.15) is 50.3 Å². The molecule has 19 heavy (non-hydrogen) atoms. The van der Waals surface area contributed by atoms with Crippen molar-refractivity contribution < 1.29 is 0 Å². The lowest BCUT2D eigenvalue weighted by atomic mass is 9.66. The molecule has 1 aromatic heterocycles. The summed E-state index contributed by atoms with van der Waals surface area (Å²) in [7, 11) is 0. The molecule has 0 aromatic carbocycles. The molecule has 1 aromatic rings. The van der Waals surface area contributed by atoms with E-state index in [1.54, 1.807) is 0 Å². The van der Waals surface area contributed by atoms with Gasteiger partial charge in [-0.1, -0.05) is 19.9 Å². The molecule has 104 valence electrons. The van der Waals surface area contributed by atoms with Crippen molar-refractivity contribution in [3.8, 4) is 0 Å². The fraction of sp³-hybridized carbons (Fsp3) is 0.706. The average Bonchev–Trinajstić information content (AvgIpc) is 2.77. The van der Waals surface area contributed by atoms with Crippen LogP contribution in [0.5, 0.6) is 0 Å². The third-order valence-electron chi connectivity index (χ3n) is 4.95. The molecule has 1 heterocycles. The van der Waals surface area contributed by atoms with Crippen molar-refractivity contribution in [2.45, 2.75) is 45.4 Å². The van der Waals surface area contributed by atoms with E-state index in [1.807, 2.05) is 6.20 Å². The SMILES string of the molecule is CC(C)CNCC1CCC1C1CCc2cccnc21. The quantitative estimate of drug-likeness (QED) is 0.875. The summed E-state index contributed by atoms with van der Waals surface area (Å²) in [5.41, 5.74) is 2.93. The largest absolute Gasteiger partial charge is 0.316 e. The third kappa shape index (κ3) is 2.69. The first-order valence-corrected chi connectivity index (χ1v) is 7.90. The fourth-order valence-corrected chi connectivity index (χ4v) is 3.80. The van der Waals surface area contributed by atoms with Gasteiger partial charge in [-0.2, -0.15) is 0 Å². The average molecular weight is 258 g/mol. The van der Waals surface area contributed by atoms with Gasteiger partial charge in [0, 0.05) is 17.8 Å². The molecule has 3 unspecified atom stereocenters. The summed E-state index contributed by atoms with van der Waals surface area (Å²) in [6.45, 7) is 6.93. The molecule has 0 bridgehead atoms. The zero-order valence-corrected chi connectivity index (χ0v) is 12.2. The lowest BCUT2D eigenvalue weighted by molar-refractivity contribution is 0.135. The van der Waals surface area contributed by atoms with E-state index in [4.69, 9.17) is 0 Å². The zero-order chi connectivity index (χ0) is 13.2. The molecular formula is C17H26N2. The van der Waals surface area contributed by atoms with Crippen molar-refractivity contribution in [1.82, 2.24) is 10.3 Å². The number of aromatic nitrogens is 1. The van der Waals surface area contributed by atoms with Crippen molar-refractivity contribution >= 4 is 0 Å². The maximum Gasteiger partial charge on any atom is 0.0469 e. The summed E-state index contributed by atoms with van der Waals surface area (Å²) >= 11 is 0. The molecule has 1 fully saturated rings. The van der Waals surface area contributed by atoms with E-state index in [-0.39, 0.29) is 0 Å². The highest BCUT2D eigenvalue weighted by Gasteiger charge is 2.40. The second-order valence-electron chi connectivity index (χ2n) is 6.75. The molecule has 0 aliphatic heterocycles. The summed E-state index contributed by atoms with van der Waals surface area (Å²) in [5, 5.41) is 3.64. The number of hydrogen-bond donors (Lipinski definition) is 1. The molecule has 3 atom stereocenters. The highest BCUT2D eigenvalue weighted by Crippen LogP contribution is 2.48. The van der Waals surface area contributed by atoms with Gasteiger partial charge < -0.3 is 5.32 Å². The van der Waals surface area contributed by atoms with E-state index < -0.39 is 0 Å². The normalized spacial score (nSPS) is 29.3. The molecule has 2 heteroatoms. The Morgan fingerprint density at radius 2 is 2.21 bits per heavy atom. The standard InChI is InChI=1S/C17H26N2/c1-12(2)10-18-11-14-6-7-15(14)16-8-5-13-4-3-9-19-17(13)16/h3-4,9,12,14-16,18H,5-8,10-11H2,1-2H3. The van der Waals surface area contributed by atoms with Gasteiger partial charge in [0.1, 0.15) is 0 Å². The van der Waals surface area contributed by atoms with Gasteiger partial charge in [0.15, 0.2) is 0 Å². The summed E-state index contributed by atoms with van der Waals surface area (Å²) in [6, 6.07) is 4.36. The van der Waals surface area contributed by atoms with E-state index in [2.05, 4.69) is 36.3 Å². The van der Waals surface area contributed by atoms with Crippen molar-refractivity contribution in [2.75, 3.05) is 13.1 Å². The van der Waals surface area contributed by atoms with Gasteiger partial charge in [-0.25, -0.2) is 0 Å². The van der Waals surface area contributed by atoms with Crippen LogP contribution in [0.25, 0.3) is 0 Å². The van der Waals surface area contributed by atoms with E-state index >= 15 is 0 Å². The molecule has 0 amide bonds. The van der Waals surface area contributed by atoms with Crippen LogP contribution in [0.2, 0.25) is 0 Å². The lowest BCUT2D eigenvalue weighted by Crippen LogP contribution is -2.39. The van der Waals surface area contributed by atoms with Gasteiger partial charge in [0.05, 0.1) is 0 Å². The number of nitrogens with zero attached hydrogens (tertiary/aromatic N) is 1. The lowest BCUT2D eigenvalue weighted by Gasteiger charge is -2.41. The van der Waals surface area contributed by atoms with Crippen LogP contribution in [-0.4, -0.2) is 18.1 Å². The molecule has 1 saturated carbocycles. The summed E-state index contributed by atoms with van der Waals surface area (Å²) in [5.74, 6) is 3.27. The Morgan fingerprint density at radius 3 is 2.95 bits per heavy atom. The third-order valence-corrected chi connectivity index (χ3v) is 4.95. The number of nitrogens with one attached hydrogen (secondary N) is 1. The van der Waals surface area contributed by atoms with Gasteiger partial charge in [-0.3, -0.25) is 4.98 Å². The summed E-state index contributed by atoms with van der Waals surface area (Å²) < 4.78 is 0. The second kappa shape index (κ2) is 5.62. The fourth-order valence-electron chi connectivity index (χ4n) is 3.80. The molecule has 0 saturated heterocycles. The van der Waals surface area contributed by atoms with Crippen molar-refractivity contribution in [2.24, 2.45) is 17.8 Å². The molecule has 2 aliphatic rings. The zero-order valence-electron chi connectivity index (χ0n) is 12.2. The van der Waals surface area contributed by atoms with Crippen LogP contribution in [0, 0.1) is 17.8 Å². The van der Waals surface area contributed by atoms with Crippen LogP contribution in [0.4, 0.5) is 0 Å². The van der Waals surface area contributed by atoms with Gasteiger partial charge in [0.2, 0.25) is 0 Å². The Kier molecular flexibility index (Phi) is 3.88. The van der Waals surface area contributed by atoms with Gasteiger partial charge in [-0.15, -0.1) is 0 Å². The smallest absolute Gasteiger partial charge is 0.0469 e. The predicted octanol–water partition coefficient (Wildman–Crippen LogP) is 3.38. The van der Waals surface area contributed by atoms with Crippen LogP contribution < -0.4 is 5.32 Å². The molecule has 0 spiro atoms. The molecule has 0 radical (unpaired) electrons. The van der Waals surface area contributed by atoms with Gasteiger partial charge >= 0.3 is 0 Å². The minimum Gasteiger partial charge on any atom is -0.316 e. The van der Waals surface area contributed by atoms with Gasteiger partial charge in [0.25, 0.3) is 0 Å². The predicted molar refractivity (Wildman–Crippen MR) is 79.2 cm³/mol. The highest BCUT2D eigenvalue weighted by atomic mass is 14.9. The van der Waals surface area contributed by atoms with Gasteiger partial charge in [-0.05, 0) is 68.2 Å². The first kappa shape index (κ1) is 13.1. The summed E-state index contributed by atoms with van der Waals surface area (Å²) in [6.07, 6.45) is 7.37. The minimum absolute atomic E-state index is 0.746. The molecular weight excluding hydrogens is 232 g/mol. The van der Waals surface area contributed by atoms with E-state index in [0.717, 1.165) is 30.2 Å². The first-order valence-electron chi connectivity index (χ1n) is 7.90. The van der Waals surface area contributed by atoms with Crippen molar-refractivity contribution in [1.29, 1.82) is 0 Å². The van der Waals surface area contributed by atoms with E-state index in [1.165, 1.54) is 43.5 Å². The molecule has 2 nitrogen and oxygen atoms in total. The Labute approximate surface area is 117 Å². The van der Waals surface area contributed by atoms with Crippen LogP contribution in [-0.2, 0) is 6.42 Å². The first-order chi connectivity index (χ1) is 9.25. The Balaban J connectivity index is 1.58. The second-order valence-corrected chi connectivity index (χ2v) is 6.75. The van der Waals surface area contributed by atoms with Crippen molar-refractivity contribution in [3.63, 3.8) is 0 Å². The molecule has 1 N–H and O–H groups in total. The Hall–Kier alpha value is -0.890. The number of aryl methyl sites for hydroxylation is 1. The topological polar surface area (TPSA) is 24.9 Å². The van der Waals surface area contributed by atoms with Crippen LogP contribution in [0.15, 0.2) is 18.3 Å². The number of fused-ring (bicyclic) bond motifs is 1. The minimum atomic E-state index is 0.746. The Morgan fingerprint density at radius 1 is 1.32 bits per heavy atom. The van der Waals surface area contributed by atoms with E-state index in [0.29, 0.717) is 0 Å². The summed E-state index contributed by atoms with van der Waals surface area (Å²) in [4.78, 5) is 4.67. The van der Waals surface area contributed by atoms with E-state index in [9.17, 15) is 0 Å².